The summed E-state index contributed by atoms with van der Waals surface area (Å²) >= 11 is 2.67. The largest absolute Gasteiger partial charge is 0.391 e. The van der Waals surface area contributed by atoms with E-state index in [1.54, 1.807) is 52.3 Å². The Morgan fingerprint density at radius 3 is 1.05 bits per heavy atom. The molecule has 41 heteroatoms. The van der Waals surface area contributed by atoms with E-state index >= 15 is 4.79 Å². The molecule has 39 nitrogen and oxygen atoms in total. The number of nitrogens with two attached hydrogens (primary N) is 6. The van der Waals surface area contributed by atoms with Gasteiger partial charge in [-0.3, -0.25) is 76.7 Å². The van der Waals surface area contributed by atoms with Crippen LogP contribution in [0.2, 0.25) is 0 Å². The Balaban J connectivity index is 2.50. The number of aliphatic hydroxyl groups is 2. The topological polar surface area (TPSA) is 650 Å². The standard InChI is InChI=1S/C87H151N21O18S2/c1-48(2)42-65(73(93)112)102-74(113)53(10)96-78(117)63(34-40-127-13)100-86(125)71(54(11)109)107-70(111)47-94-77(116)66(43-49(3)4)104-80(119)61(32-19-23-38-90)97-79(118)60(31-18-22-37-89)98-83(122)68(45-51(7)8)105-81(120)64(35-41-128-14)101-87(126)72(55(12)110)108-82(121)62(33-20-24-39-91)99-85(124)69(46-57-28-25-27-56-26-15-16-29-58(56)57)106-84(123)67(44-50(5)6)103-75(114)52(9)95-76(115)59(92)30-17-21-36-88/h15-16,25-29,48-55,59-69,71-72,109-110H,17-24,30-47,88-92H2,1-14H3,(H2,93,112)(H,94,116)(H,95,115)(H,96,117)(H,97,118)(H,98,122)(H,99,124)(H,100,125)(H,101,126)(H,102,113)(H,103,114)(H,104,119)(H,105,120)(H,106,123)(H,107,111)(H,108,121)/t52-,53-,54+,55+,59-,60-,61-,62-,63-,64-,65-,66-,67-,68-,69-,71-,72-/m0/s1. The van der Waals surface area contributed by atoms with Gasteiger partial charge in [-0.05, 0) is 227 Å². The van der Waals surface area contributed by atoms with E-state index in [1.165, 1.54) is 51.2 Å². The number of benzene rings is 2. The van der Waals surface area contributed by atoms with Gasteiger partial charge in [0.15, 0.2) is 0 Å². The summed E-state index contributed by atoms with van der Waals surface area (Å²) < 4.78 is 0. The molecule has 0 bridgehead atoms. The highest BCUT2D eigenvalue weighted by molar-refractivity contribution is 7.98. The first-order valence-corrected chi connectivity index (χ1v) is 47.4. The molecule has 0 aliphatic heterocycles. The van der Waals surface area contributed by atoms with Gasteiger partial charge in [-0.25, -0.2) is 0 Å². The van der Waals surface area contributed by atoms with Gasteiger partial charge in [-0.1, -0.05) is 104 Å². The molecule has 0 aliphatic carbocycles. The summed E-state index contributed by atoms with van der Waals surface area (Å²) in [5.74, 6) is -13.4. The Morgan fingerprint density at radius 1 is 0.328 bits per heavy atom. The molecule has 0 spiro atoms. The van der Waals surface area contributed by atoms with Crippen molar-refractivity contribution in [1.29, 1.82) is 0 Å². The van der Waals surface area contributed by atoms with Crippen LogP contribution in [0.25, 0.3) is 10.8 Å². The Hall–Kier alpha value is -9.36. The predicted molar refractivity (Wildman–Crippen MR) is 495 cm³/mol. The summed E-state index contributed by atoms with van der Waals surface area (Å²) in [6.45, 7) is 19.9. The Labute approximate surface area is 762 Å². The molecule has 29 N–H and O–H groups in total. The van der Waals surface area contributed by atoms with E-state index in [0.717, 1.165) is 10.8 Å². The zero-order valence-electron chi connectivity index (χ0n) is 77.3. The smallest absolute Gasteiger partial charge is 0.245 e. The molecule has 2 aromatic carbocycles. The molecule has 2 aromatic rings. The fourth-order valence-electron chi connectivity index (χ4n) is 13.8. The molecule has 0 fully saturated rings. The normalized spacial score (nSPS) is 15.4. The summed E-state index contributed by atoms with van der Waals surface area (Å²) in [6.07, 6.45) is 4.04. The molecule has 0 unspecified atom stereocenters. The first kappa shape index (κ1) is 115. The van der Waals surface area contributed by atoms with Gasteiger partial charge < -0.3 is 124 Å². The van der Waals surface area contributed by atoms with Crippen molar-refractivity contribution in [2.45, 2.75) is 308 Å². The molecular formula is C87H151N21O18S2. The average molecular weight is 1840 g/mol. The Morgan fingerprint density at radius 2 is 0.641 bits per heavy atom. The molecule has 0 aromatic heterocycles. The van der Waals surface area contributed by atoms with E-state index in [2.05, 4.69) is 79.8 Å². The second-order valence-electron chi connectivity index (χ2n) is 34.4. The molecule has 128 heavy (non-hydrogen) atoms. The molecule has 17 atom stereocenters. The summed E-state index contributed by atoms with van der Waals surface area (Å²) in [4.78, 5) is 225. The number of carbonyl (C=O) groups is 16. The number of aliphatic hydroxyl groups excluding tert-OH is 2. The average Bonchev–Trinajstić information content (AvgIpc) is 0.813. The van der Waals surface area contributed by atoms with Gasteiger partial charge in [0.2, 0.25) is 94.5 Å². The Kier molecular flexibility index (Phi) is 55.6. The third-order valence-corrected chi connectivity index (χ3v) is 22.2. The van der Waals surface area contributed by atoms with Crippen LogP contribution in [-0.4, -0.2) is 264 Å². The van der Waals surface area contributed by atoms with E-state index in [0.29, 0.717) is 69.2 Å². The predicted octanol–water partition coefficient (Wildman–Crippen LogP) is -1.89. The maximum atomic E-state index is 15.0. The lowest BCUT2D eigenvalue weighted by molar-refractivity contribution is -0.137. The lowest BCUT2D eigenvalue weighted by Gasteiger charge is -2.29. The number of thioether (sulfide) groups is 2. The number of nitrogens with one attached hydrogen (secondary N) is 15. The van der Waals surface area contributed by atoms with Crippen molar-refractivity contribution in [1.82, 2.24) is 79.8 Å². The molecule has 0 heterocycles. The van der Waals surface area contributed by atoms with Crippen molar-refractivity contribution < 1.29 is 86.9 Å². The van der Waals surface area contributed by atoms with Crippen molar-refractivity contribution >= 4 is 129 Å². The van der Waals surface area contributed by atoms with Gasteiger partial charge in [0, 0.05) is 6.42 Å². The van der Waals surface area contributed by atoms with E-state index in [9.17, 15) is 82.1 Å². The molecule has 0 saturated heterocycles. The lowest BCUT2D eigenvalue weighted by atomic mass is 9.97. The van der Waals surface area contributed by atoms with E-state index in [4.69, 9.17) is 34.4 Å². The summed E-state index contributed by atoms with van der Waals surface area (Å²) in [6, 6.07) is -7.14. The monoisotopic (exact) mass is 1840 g/mol. The number of fused-ring (bicyclic) bond motifs is 1. The van der Waals surface area contributed by atoms with Crippen LogP contribution in [0, 0.1) is 23.7 Å². The highest BCUT2D eigenvalue weighted by Crippen LogP contribution is 2.22. The highest BCUT2D eigenvalue weighted by atomic mass is 32.2. The number of rotatable bonds is 65. The maximum Gasteiger partial charge on any atom is 0.245 e. The fourth-order valence-corrected chi connectivity index (χ4v) is 14.7. The van der Waals surface area contributed by atoms with Crippen LogP contribution >= 0.6 is 23.5 Å². The van der Waals surface area contributed by atoms with Gasteiger partial charge in [-0.15, -0.1) is 0 Å². The highest BCUT2D eigenvalue weighted by Gasteiger charge is 2.40. The summed E-state index contributed by atoms with van der Waals surface area (Å²) in [5.41, 5.74) is 35.5. The van der Waals surface area contributed by atoms with Gasteiger partial charge >= 0.3 is 0 Å². The van der Waals surface area contributed by atoms with Crippen molar-refractivity contribution in [3.05, 3.63) is 48.0 Å². The van der Waals surface area contributed by atoms with Gasteiger partial charge in [0.25, 0.3) is 0 Å². The zero-order chi connectivity index (χ0) is 96.4. The molecular weight excluding hydrogens is 1690 g/mol. The van der Waals surface area contributed by atoms with Crippen molar-refractivity contribution in [3.8, 4) is 0 Å². The van der Waals surface area contributed by atoms with Crippen LogP contribution in [0.4, 0.5) is 0 Å². The maximum absolute atomic E-state index is 15.0. The minimum absolute atomic E-state index is 0.00621. The van der Waals surface area contributed by atoms with E-state index < -0.39 is 204 Å². The minimum atomic E-state index is -1.78. The van der Waals surface area contributed by atoms with Crippen LogP contribution < -0.4 is 114 Å². The van der Waals surface area contributed by atoms with Crippen molar-refractivity contribution in [3.63, 3.8) is 0 Å². The number of unbranched alkanes of at least 4 members (excludes halogenated alkanes) is 4. The quantitative estimate of drug-likeness (QED) is 0.0322. The molecule has 0 saturated carbocycles. The van der Waals surface area contributed by atoms with Crippen LogP contribution in [0.1, 0.15) is 204 Å². The SMILES string of the molecule is CSCC[C@H](NC(=O)[C@@H](NC(=O)CNC(=O)[C@H](CC(C)C)NC(=O)[C@H](CCCCN)NC(=O)[C@H](CCCCN)NC(=O)[C@H](CC(C)C)NC(=O)[C@H](CCSC)NC(=O)[C@@H](NC(=O)[C@H](CCCCN)NC(=O)[C@H](Cc1cccc2ccccc12)NC(=O)[C@H](CC(C)C)NC(=O)[C@H](C)NC(=O)[C@@H](N)CCCCN)[C@@H](C)O)[C@@H](C)O)C(=O)N[C@@H](C)C(=O)N[C@@H](CC(C)C)C(N)=O. The van der Waals surface area contributed by atoms with Crippen LogP contribution in [0.15, 0.2) is 42.5 Å². The molecule has 16 amide bonds. The second kappa shape index (κ2) is 62.0. The number of carbonyl (C=O) groups excluding carboxylic acids is 16. The van der Waals surface area contributed by atoms with Crippen molar-refractivity contribution in [2.24, 2.45) is 58.1 Å². The van der Waals surface area contributed by atoms with Crippen LogP contribution in [0.3, 0.4) is 0 Å². The van der Waals surface area contributed by atoms with Gasteiger partial charge in [-0.2, -0.15) is 23.5 Å². The second-order valence-corrected chi connectivity index (χ2v) is 36.3. The number of primary amides is 1. The fraction of sp³-hybridized carbons (Fsp3) is 0.701. The number of hydrogen-bond donors (Lipinski definition) is 23. The van der Waals surface area contributed by atoms with Crippen molar-refractivity contribution in [2.75, 3.05) is 56.7 Å². The Bertz CT molecular complexity index is 3860. The zero-order valence-corrected chi connectivity index (χ0v) is 78.9. The number of amides is 16. The first-order chi connectivity index (χ1) is 60.5. The third kappa shape index (κ3) is 43.8. The first-order valence-electron chi connectivity index (χ1n) is 44.7. The molecule has 0 radical (unpaired) electrons. The number of hydrogen-bond acceptors (Lipinski definition) is 25. The molecule has 0 aliphatic rings. The van der Waals surface area contributed by atoms with Crippen LogP contribution in [-0.2, 0) is 83.1 Å². The van der Waals surface area contributed by atoms with Crippen LogP contribution in [0.5, 0.6) is 0 Å². The van der Waals surface area contributed by atoms with Gasteiger partial charge in [0.05, 0.1) is 24.8 Å². The molecule has 724 valence electrons. The van der Waals surface area contributed by atoms with E-state index in [1.807, 2.05) is 58.0 Å². The minimum Gasteiger partial charge on any atom is -0.391 e. The summed E-state index contributed by atoms with van der Waals surface area (Å²) in [7, 11) is 0. The summed E-state index contributed by atoms with van der Waals surface area (Å²) in [5, 5.41) is 63.3. The van der Waals surface area contributed by atoms with Gasteiger partial charge in [0.1, 0.15) is 84.6 Å². The van der Waals surface area contributed by atoms with E-state index in [-0.39, 0.29) is 120 Å². The third-order valence-electron chi connectivity index (χ3n) is 20.9. The lowest BCUT2D eigenvalue weighted by Crippen LogP contribution is -2.62. The molecule has 2 rings (SSSR count).